The maximum atomic E-state index is 12.3. The van der Waals surface area contributed by atoms with Gasteiger partial charge in [-0.2, -0.15) is 0 Å². The van der Waals surface area contributed by atoms with E-state index in [9.17, 15) is 4.79 Å². The summed E-state index contributed by atoms with van der Waals surface area (Å²) in [6.45, 7) is 7.14. The zero-order valence-corrected chi connectivity index (χ0v) is 17.9. The van der Waals surface area contributed by atoms with Crippen LogP contribution in [0.15, 0.2) is 64.6 Å². The van der Waals surface area contributed by atoms with Crippen LogP contribution < -0.4 is 5.32 Å². The van der Waals surface area contributed by atoms with Gasteiger partial charge in [-0.3, -0.25) is 15.1 Å². The van der Waals surface area contributed by atoms with Gasteiger partial charge in [0.2, 0.25) is 0 Å². The van der Waals surface area contributed by atoms with E-state index >= 15 is 0 Å². The van der Waals surface area contributed by atoms with Crippen molar-refractivity contribution in [1.82, 2.24) is 4.90 Å². The van der Waals surface area contributed by atoms with Gasteiger partial charge in [0.15, 0.2) is 0 Å². The number of oxime groups is 1. The highest BCUT2D eigenvalue weighted by Gasteiger charge is 2.35. The van der Waals surface area contributed by atoms with Gasteiger partial charge in [0.05, 0.1) is 18.8 Å². The Hall–Kier alpha value is -2.35. The first-order valence-corrected chi connectivity index (χ1v) is 10.8. The van der Waals surface area contributed by atoms with Crippen LogP contribution in [0.25, 0.3) is 0 Å². The van der Waals surface area contributed by atoms with Crippen LogP contribution in [-0.4, -0.2) is 54.8 Å². The number of benzene rings is 2. The van der Waals surface area contributed by atoms with Crippen LogP contribution in [-0.2, 0) is 9.57 Å². The molecule has 0 aromatic heterocycles. The Bertz CT molecular complexity index is 832. The molecule has 6 nitrogen and oxygen atoms in total. The fourth-order valence-corrected chi connectivity index (χ4v) is 3.70. The minimum atomic E-state index is -0.618. The van der Waals surface area contributed by atoms with Crippen molar-refractivity contribution in [2.45, 2.75) is 24.3 Å². The average Bonchev–Trinajstić information content (AvgIpc) is 2.75. The van der Waals surface area contributed by atoms with E-state index in [1.807, 2.05) is 36.6 Å². The Morgan fingerprint density at radius 2 is 1.76 bits per heavy atom. The molecular weight excluding hydrogens is 386 g/mol. The van der Waals surface area contributed by atoms with Crippen LogP contribution in [0.4, 0.5) is 10.5 Å². The first-order chi connectivity index (χ1) is 14.0. The molecule has 1 aliphatic heterocycles. The van der Waals surface area contributed by atoms with E-state index in [1.165, 1.54) is 4.90 Å². The number of amides is 1. The molecular formula is C22H27N3O3S. The summed E-state index contributed by atoms with van der Waals surface area (Å²) in [5.41, 5.74) is 1.85. The molecule has 0 radical (unpaired) electrons. The molecule has 1 saturated heterocycles. The molecule has 0 unspecified atom stereocenters. The number of carbonyl (C=O) groups is 1. The number of nitrogens with zero attached hydrogens (tertiary/aromatic N) is 2. The van der Waals surface area contributed by atoms with E-state index in [0.29, 0.717) is 24.6 Å². The molecule has 0 saturated carbocycles. The SMILES string of the molecule is CSc1ccc(C(=NOC(=O)Nc2ccccc2)C(C)(C)N2CCOCC2)cc1. The normalized spacial score (nSPS) is 15.8. The summed E-state index contributed by atoms with van der Waals surface area (Å²) < 4.78 is 5.50. The van der Waals surface area contributed by atoms with Gasteiger partial charge in [0, 0.05) is 29.2 Å². The van der Waals surface area contributed by atoms with Crippen molar-refractivity contribution >= 4 is 29.3 Å². The number of anilines is 1. The fraction of sp³-hybridized carbons (Fsp3) is 0.364. The highest BCUT2D eigenvalue weighted by atomic mass is 32.2. The van der Waals surface area contributed by atoms with Crippen molar-refractivity contribution in [3.63, 3.8) is 0 Å². The molecule has 1 amide bonds. The maximum absolute atomic E-state index is 12.3. The Kier molecular flexibility index (Phi) is 7.30. The number of carbonyl (C=O) groups excluding carboxylic acids is 1. The number of nitrogens with one attached hydrogen (secondary N) is 1. The first kappa shape index (κ1) is 21.4. The zero-order valence-electron chi connectivity index (χ0n) is 17.1. The molecule has 0 spiro atoms. The summed E-state index contributed by atoms with van der Waals surface area (Å²) >= 11 is 1.68. The Morgan fingerprint density at radius 3 is 2.38 bits per heavy atom. The summed E-state index contributed by atoms with van der Waals surface area (Å²) in [6, 6.07) is 17.3. The molecule has 154 valence electrons. The summed E-state index contributed by atoms with van der Waals surface area (Å²) in [4.78, 5) is 21.0. The lowest BCUT2D eigenvalue weighted by Crippen LogP contribution is -2.54. The van der Waals surface area contributed by atoms with Crippen molar-refractivity contribution in [3.05, 3.63) is 60.2 Å². The lowest BCUT2D eigenvalue weighted by Gasteiger charge is -2.41. The topological polar surface area (TPSA) is 63.2 Å². The molecule has 2 aromatic carbocycles. The van der Waals surface area contributed by atoms with Gasteiger partial charge in [0.1, 0.15) is 5.71 Å². The number of rotatable bonds is 6. The van der Waals surface area contributed by atoms with Crippen molar-refractivity contribution in [2.24, 2.45) is 5.16 Å². The van der Waals surface area contributed by atoms with Crippen LogP contribution in [0, 0.1) is 0 Å². The molecule has 29 heavy (non-hydrogen) atoms. The number of ether oxygens (including phenoxy) is 1. The second-order valence-electron chi connectivity index (χ2n) is 7.20. The molecule has 1 N–H and O–H groups in total. The standard InChI is InChI=1S/C22H27N3O3S/c1-22(2,25-13-15-27-16-14-25)20(17-9-11-19(29-3)12-10-17)24-28-21(26)23-18-7-5-4-6-8-18/h4-12H,13-16H2,1-3H3,(H,23,26). The average molecular weight is 414 g/mol. The van der Waals surface area contributed by atoms with Gasteiger partial charge in [-0.25, -0.2) is 4.79 Å². The van der Waals surface area contributed by atoms with E-state index < -0.39 is 11.6 Å². The summed E-state index contributed by atoms with van der Waals surface area (Å²) in [5.74, 6) is 0. The van der Waals surface area contributed by atoms with Gasteiger partial charge in [-0.05, 0) is 44.4 Å². The predicted octanol–water partition coefficient (Wildman–Crippen LogP) is 4.47. The quantitative estimate of drug-likeness (QED) is 0.328. The fourth-order valence-electron chi connectivity index (χ4n) is 3.29. The molecule has 2 aromatic rings. The van der Waals surface area contributed by atoms with E-state index in [2.05, 4.69) is 41.4 Å². The molecule has 0 atom stereocenters. The molecule has 0 aliphatic carbocycles. The van der Waals surface area contributed by atoms with Crippen molar-refractivity contribution < 1.29 is 14.4 Å². The molecule has 1 aliphatic rings. The van der Waals surface area contributed by atoms with Crippen LogP contribution in [0.1, 0.15) is 19.4 Å². The largest absolute Gasteiger partial charge is 0.437 e. The van der Waals surface area contributed by atoms with Crippen LogP contribution in [0.5, 0.6) is 0 Å². The second kappa shape index (κ2) is 9.91. The van der Waals surface area contributed by atoms with Gasteiger partial charge in [-0.15, -0.1) is 11.8 Å². The molecule has 7 heteroatoms. The Morgan fingerprint density at radius 1 is 1.10 bits per heavy atom. The van der Waals surface area contributed by atoms with Gasteiger partial charge in [0.25, 0.3) is 0 Å². The van der Waals surface area contributed by atoms with E-state index in [1.54, 1.807) is 23.9 Å². The van der Waals surface area contributed by atoms with Crippen LogP contribution >= 0.6 is 11.8 Å². The second-order valence-corrected chi connectivity index (χ2v) is 8.08. The van der Waals surface area contributed by atoms with Crippen molar-refractivity contribution in [2.75, 3.05) is 37.9 Å². The van der Waals surface area contributed by atoms with E-state index in [-0.39, 0.29) is 0 Å². The minimum Gasteiger partial charge on any atom is -0.379 e. The smallest absolute Gasteiger partial charge is 0.379 e. The van der Waals surface area contributed by atoms with Gasteiger partial charge >= 0.3 is 6.09 Å². The van der Waals surface area contributed by atoms with Gasteiger partial charge < -0.3 is 4.74 Å². The number of hydrogen-bond donors (Lipinski definition) is 1. The molecule has 1 heterocycles. The maximum Gasteiger partial charge on any atom is 0.437 e. The van der Waals surface area contributed by atoms with Crippen molar-refractivity contribution in [3.8, 4) is 0 Å². The summed E-state index contributed by atoms with van der Waals surface area (Å²) in [7, 11) is 0. The number of morpholine rings is 1. The number of hydrogen-bond acceptors (Lipinski definition) is 6. The van der Waals surface area contributed by atoms with Crippen molar-refractivity contribution in [1.29, 1.82) is 0 Å². The third kappa shape index (κ3) is 5.59. The van der Waals surface area contributed by atoms with Gasteiger partial charge in [-0.1, -0.05) is 35.5 Å². The third-order valence-corrected chi connectivity index (χ3v) is 5.73. The highest BCUT2D eigenvalue weighted by Crippen LogP contribution is 2.25. The highest BCUT2D eigenvalue weighted by molar-refractivity contribution is 7.98. The third-order valence-electron chi connectivity index (χ3n) is 4.98. The molecule has 0 bridgehead atoms. The summed E-state index contributed by atoms with van der Waals surface area (Å²) in [5, 5.41) is 7.00. The summed E-state index contributed by atoms with van der Waals surface area (Å²) in [6.07, 6.45) is 1.42. The first-order valence-electron chi connectivity index (χ1n) is 9.59. The van der Waals surface area contributed by atoms with E-state index in [4.69, 9.17) is 9.57 Å². The monoisotopic (exact) mass is 413 g/mol. The van der Waals surface area contributed by atoms with Crippen LogP contribution in [0.3, 0.4) is 0 Å². The minimum absolute atomic E-state index is 0.433. The van der Waals surface area contributed by atoms with Crippen LogP contribution in [0.2, 0.25) is 0 Å². The Balaban J connectivity index is 1.84. The zero-order chi connectivity index (χ0) is 20.7. The molecule has 3 rings (SSSR count). The number of para-hydroxylation sites is 1. The lowest BCUT2D eigenvalue weighted by atomic mass is 9.90. The predicted molar refractivity (Wildman–Crippen MR) is 118 cm³/mol. The van der Waals surface area contributed by atoms with E-state index in [0.717, 1.165) is 18.7 Å². The lowest BCUT2D eigenvalue weighted by molar-refractivity contribution is 0.00942. The number of thioether (sulfide) groups is 1. The molecule has 1 fully saturated rings. The Labute approximate surface area is 176 Å².